The highest BCUT2D eigenvalue weighted by Gasteiger charge is 2.27. The zero-order valence-electron chi connectivity index (χ0n) is 9.38. The van der Waals surface area contributed by atoms with E-state index in [-0.39, 0.29) is 11.9 Å². The molecule has 15 heavy (non-hydrogen) atoms. The van der Waals surface area contributed by atoms with Gasteiger partial charge in [0.2, 0.25) is 5.91 Å². The molecule has 2 aliphatic heterocycles. The molecule has 0 aromatic rings. The second-order valence-electron chi connectivity index (χ2n) is 4.70. The van der Waals surface area contributed by atoms with E-state index >= 15 is 0 Å². The Kier molecular flexibility index (Phi) is 3.59. The van der Waals surface area contributed by atoms with E-state index in [0.717, 1.165) is 32.5 Å². The van der Waals surface area contributed by atoms with Gasteiger partial charge in [0.1, 0.15) is 0 Å². The van der Waals surface area contributed by atoms with Gasteiger partial charge < -0.3 is 16.0 Å². The molecule has 2 rings (SSSR count). The summed E-state index contributed by atoms with van der Waals surface area (Å²) in [5, 5.41) is 9.68. The van der Waals surface area contributed by atoms with Crippen LogP contribution in [0.5, 0.6) is 0 Å². The second kappa shape index (κ2) is 4.94. The minimum atomic E-state index is 0.0572. The maximum absolute atomic E-state index is 11.8. The molecule has 0 saturated carbocycles. The van der Waals surface area contributed by atoms with Gasteiger partial charge in [0.25, 0.3) is 0 Å². The van der Waals surface area contributed by atoms with E-state index in [1.165, 1.54) is 6.42 Å². The minimum Gasteiger partial charge on any atom is -0.352 e. The van der Waals surface area contributed by atoms with Crippen molar-refractivity contribution in [2.75, 3.05) is 19.6 Å². The van der Waals surface area contributed by atoms with E-state index < -0.39 is 0 Å². The lowest BCUT2D eigenvalue weighted by Gasteiger charge is -2.21. The lowest BCUT2D eigenvalue weighted by Crippen LogP contribution is -2.47. The normalized spacial score (nSPS) is 32.9. The summed E-state index contributed by atoms with van der Waals surface area (Å²) in [6.45, 7) is 5.23. The lowest BCUT2D eigenvalue weighted by atomic mass is 10.0. The van der Waals surface area contributed by atoms with Crippen LogP contribution in [0, 0.1) is 5.92 Å². The number of carbonyl (C=O) groups excluding carboxylic acids is 1. The van der Waals surface area contributed by atoms with Crippen molar-refractivity contribution in [3.63, 3.8) is 0 Å². The van der Waals surface area contributed by atoms with Crippen LogP contribution >= 0.6 is 0 Å². The fraction of sp³-hybridized carbons (Fsp3) is 0.909. The molecular formula is C11H21N3O. The van der Waals surface area contributed by atoms with E-state index in [1.54, 1.807) is 0 Å². The predicted octanol–water partition coefficient (Wildman–Crippen LogP) is -0.147. The summed E-state index contributed by atoms with van der Waals surface area (Å²) >= 11 is 0. The predicted molar refractivity (Wildman–Crippen MR) is 59.6 cm³/mol. The number of hydrogen-bond donors (Lipinski definition) is 3. The molecule has 4 nitrogen and oxygen atoms in total. The first kappa shape index (κ1) is 10.9. The Morgan fingerprint density at radius 2 is 2.27 bits per heavy atom. The van der Waals surface area contributed by atoms with Crippen molar-refractivity contribution >= 4 is 5.91 Å². The SMILES string of the molecule is CC(NC(=O)[C@@H]1CCCN1)C1CCNC1. The summed E-state index contributed by atoms with van der Waals surface area (Å²) in [6, 6.07) is 0.358. The number of carbonyl (C=O) groups is 1. The highest BCUT2D eigenvalue weighted by molar-refractivity contribution is 5.82. The molecule has 3 atom stereocenters. The molecule has 0 bridgehead atoms. The maximum Gasteiger partial charge on any atom is 0.237 e. The van der Waals surface area contributed by atoms with Crippen LogP contribution in [0.25, 0.3) is 0 Å². The monoisotopic (exact) mass is 211 g/mol. The maximum atomic E-state index is 11.8. The largest absolute Gasteiger partial charge is 0.352 e. The van der Waals surface area contributed by atoms with Gasteiger partial charge in [0, 0.05) is 6.04 Å². The molecule has 2 heterocycles. The number of amides is 1. The molecule has 0 spiro atoms. The van der Waals surface area contributed by atoms with Crippen molar-refractivity contribution in [2.45, 2.75) is 38.3 Å². The van der Waals surface area contributed by atoms with Gasteiger partial charge in [-0.05, 0) is 51.7 Å². The average molecular weight is 211 g/mol. The van der Waals surface area contributed by atoms with Crippen molar-refractivity contribution in [3.8, 4) is 0 Å². The average Bonchev–Trinajstić information content (AvgIpc) is 2.91. The first-order valence-corrected chi connectivity index (χ1v) is 6.02. The molecule has 0 radical (unpaired) electrons. The first-order valence-electron chi connectivity index (χ1n) is 6.02. The number of nitrogens with one attached hydrogen (secondary N) is 3. The smallest absolute Gasteiger partial charge is 0.237 e. The summed E-state index contributed by atoms with van der Waals surface area (Å²) in [4.78, 5) is 11.8. The van der Waals surface area contributed by atoms with Crippen LogP contribution in [0.4, 0.5) is 0 Å². The van der Waals surface area contributed by atoms with Gasteiger partial charge in [-0.25, -0.2) is 0 Å². The van der Waals surface area contributed by atoms with E-state index in [0.29, 0.717) is 12.0 Å². The fourth-order valence-corrected chi connectivity index (χ4v) is 2.45. The topological polar surface area (TPSA) is 53.2 Å². The Balaban J connectivity index is 1.77. The Morgan fingerprint density at radius 3 is 2.87 bits per heavy atom. The van der Waals surface area contributed by atoms with Crippen molar-refractivity contribution in [3.05, 3.63) is 0 Å². The Hall–Kier alpha value is -0.610. The second-order valence-corrected chi connectivity index (χ2v) is 4.70. The molecule has 1 amide bonds. The van der Waals surface area contributed by atoms with Crippen LogP contribution in [0.1, 0.15) is 26.2 Å². The van der Waals surface area contributed by atoms with Crippen LogP contribution in [0.15, 0.2) is 0 Å². The van der Waals surface area contributed by atoms with Crippen LogP contribution in [0.2, 0.25) is 0 Å². The molecule has 4 heteroatoms. The van der Waals surface area contributed by atoms with Crippen molar-refractivity contribution in [1.29, 1.82) is 0 Å². The molecule has 2 fully saturated rings. The van der Waals surface area contributed by atoms with Crippen LogP contribution in [-0.2, 0) is 4.79 Å². The quantitative estimate of drug-likeness (QED) is 0.608. The summed E-state index contributed by atoms with van der Waals surface area (Å²) in [6.07, 6.45) is 3.29. The van der Waals surface area contributed by atoms with Gasteiger partial charge in [0.15, 0.2) is 0 Å². The molecule has 86 valence electrons. The Morgan fingerprint density at radius 1 is 1.40 bits per heavy atom. The molecule has 0 aromatic heterocycles. The summed E-state index contributed by atoms with van der Waals surface area (Å²) in [5.41, 5.74) is 0. The van der Waals surface area contributed by atoms with Gasteiger partial charge >= 0.3 is 0 Å². The molecule has 2 unspecified atom stereocenters. The van der Waals surface area contributed by atoms with Crippen LogP contribution < -0.4 is 16.0 Å². The van der Waals surface area contributed by atoms with E-state index in [9.17, 15) is 4.79 Å². The zero-order chi connectivity index (χ0) is 10.7. The van der Waals surface area contributed by atoms with Crippen LogP contribution in [-0.4, -0.2) is 37.6 Å². The molecule has 2 saturated heterocycles. The molecule has 0 aliphatic carbocycles. The van der Waals surface area contributed by atoms with Gasteiger partial charge in [-0.1, -0.05) is 0 Å². The van der Waals surface area contributed by atoms with E-state index in [1.807, 2.05) is 0 Å². The summed E-state index contributed by atoms with van der Waals surface area (Å²) < 4.78 is 0. The zero-order valence-corrected chi connectivity index (χ0v) is 9.38. The van der Waals surface area contributed by atoms with Gasteiger partial charge in [0.05, 0.1) is 6.04 Å². The minimum absolute atomic E-state index is 0.0572. The van der Waals surface area contributed by atoms with E-state index in [2.05, 4.69) is 22.9 Å². The van der Waals surface area contributed by atoms with Crippen molar-refractivity contribution in [1.82, 2.24) is 16.0 Å². The number of rotatable bonds is 3. The van der Waals surface area contributed by atoms with Crippen LogP contribution in [0.3, 0.4) is 0 Å². The molecule has 2 aliphatic rings. The summed E-state index contributed by atoms with van der Waals surface area (Å²) in [7, 11) is 0. The molecule has 3 N–H and O–H groups in total. The highest BCUT2D eigenvalue weighted by Crippen LogP contribution is 2.13. The van der Waals surface area contributed by atoms with E-state index in [4.69, 9.17) is 0 Å². The standard InChI is InChI=1S/C11H21N3O/c1-8(9-4-6-12-7-9)14-11(15)10-3-2-5-13-10/h8-10,12-13H,2-7H2,1H3,(H,14,15)/t8?,9?,10-/m0/s1. The Bertz CT molecular complexity index is 220. The molecular weight excluding hydrogens is 190 g/mol. The lowest BCUT2D eigenvalue weighted by molar-refractivity contribution is -0.123. The Labute approximate surface area is 91.2 Å². The third kappa shape index (κ3) is 2.69. The van der Waals surface area contributed by atoms with Crippen molar-refractivity contribution < 1.29 is 4.79 Å². The third-order valence-corrected chi connectivity index (χ3v) is 3.55. The van der Waals surface area contributed by atoms with Gasteiger partial charge in [-0.15, -0.1) is 0 Å². The fourth-order valence-electron chi connectivity index (χ4n) is 2.45. The third-order valence-electron chi connectivity index (χ3n) is 3.55. The van der Waals surface area contributed by atoms with Gasteiger partial charge in [-0.2, -0.15) is 0 Å². The number of hydrogen-bond acceptors (Lipinski definition) is 3. The van der Waals surface area contributed by atoms with Gasteiger partial charge in [-0.3, -0.25) is 4.79 Å². The summed E-state index contributed by atoms with van der Waals surface area (Å²) in [5.74, 6) is 0.794. The molecule has 0 aromatic carbocycles. The highest BCUT2D eigenvalue weighted by atomic mass is 16.2. The first-order chi connectivity index (χ1) is 7.27. The van der Waals surface area contributed by atoms with Crippen molar-refractivity contribution in [2.24, 2.45) is 5.92 Å².